The van der Waals surface area contributed by atoms with Crippen LogP contribution in [0.4, 0.5) is 0 Å². The van der Waals surface area contributed by atoms with Crippen LogP contribution in [-0.2, 0) is 11.3 Å². The van der Waals surface area contributed by atoms with Crippen LogP contribution in [0.15, 0.2) is 30.3 Å². The summed E-state index contributed by atoms with van der Waals surface area (Å²) in [6.45, 7) is 5.96. The second kappa shape index (κ2) is 8.31. The molecule has 1 fully saturated rings. The van der Waals surface area contributed by atoms with Gasteiger partial charge in [0, 0.05) is 26.3 Å². The van der Waals surface area contributed by atoms with Crippen molar-refractivity contribution < 1.29 is 4.74 Å². The van der Waals surface area contributed by atoms with Gasteiger partial charge in [0.1, 0.15) is 0 Å². The normalized spacial score (nSPS) is 16.9. The number of hydrogen-bond donors (Lipinski definition) is 1. The molecule has 0 aromatic heterocycles. The van der Waals surface area contributed by atoms with E-state index in [1.165, 1.54) is 24.9 Å². The van der Waals surface area contributed by atoms with Crippen molar-refractivity contribution in [1.29, 1.82) is 0 Å². The van der Waals surface area contributed by atoms with Crippen molar-refractivity contribution in [3.8, 4) is 0 Å². The molecular weight excluding hydrogens is 236 g/mol. The van der Waals surface area contributed by atoms with Crippen LogP contribution in [0.1, 0.15) is 24.8 Å². The Bertz CT molecular complexity index is 336. The van der Waals surface area contributed by atoms with Crippen molar-refractivity contribution >= 4 is 0 Å². The molecule has 0 aliphatic carbocycles. The number of benzene rings is 1. The summed E-state index contributed by atoms with van der Waals surface area (Å²) < 4.78 is 5.44. The molecule has 1 aliphatic heterocycles. The highest BCUT2D eigenvalue weighted by Gasteiger charge is 2.17. The zero-order chi connectivity index (χ0) is 13.3. The van der Waals surface area contributed by atoms with Gasteiger partial charge >= 0.3 is 0 Å². The van der Waals surface area contributed by atoms with Crippen LogP contribution < -0.4 is 5.73 Å². The predicted molar refractivity (Wildman–Crippen MR) is 78.9 cm³/mol. The van der Waals surface area contributed by atoms with Crippen molar-refractivity contribution in [3.05, 3.63) is 35.9 Å². The second-order valence-electron chi connectivity index (χ2n) is 5.42. The molecule has 0 saturated carbocycles. The molecule has 0 atom stereocenters. The van der Waals surface area contributed by atoms with Crippen LogP contribution in [-0.4, -0.2) is 37.7 Å². The zero-order valence-electron chi connectivity index (χ0n) is 11.8. The number of rotatable bonds is 7. The molecule has 1 aliphatic rings. The molecule has 2 N–H and O–H groups in total. The minimum absolute atomic E-state index is 0.777. The van der Waals surface area contributed by atoms with Crippen molar-refractivity contribution in [3.63, 3.8) is 0 Å². The first-order chi connectivity index (χ1) is 9.38. The van der Waals surface area contributed by atoms with Gasteiger partial charge in [-0.05, 0) is 43.8 Å². The van der Waals surface area contributed by atoms with Gasteiger partial charge in [-0.1, -0.05) is 30.3 Å². The van der Waals surface area contributed by atoms with E-state index in [9.17, 15) is 0 Å². The van der Waals surface area contributed by atoms with Crippen LogP contribution in [0.5, 0.6) is 0 Å². The molecule has 0 unspecified atom stereocenters. The van der Waals surface area contributed by atoms with Gasteiger partial charge in [-0.15, -0.1) is 0 Å². The fourth-order valence-electron chi connectivity index (χ4n) is 2.69. The molecule has 1 aromatic rings. The van der Waals surface area contributed by atoms with E-state index in [1.54, 1.807) is 0 Å². The lowest BCUT2D eigenvalue weighted by Crippen LogP contribution is -2.33. The average Bonchev–Trinajstić information content (AvgIpc) is 2.47. The molecule has 19 heavy (non-hydrogen) atoms. The number of nitrogens with two attached hydrogens (primary N) is 1. The van der Waals surface area contributed by atoms with E-state index in [1.807, 2.05) is 0 Å². The Balaban J connectivity index is 1.87. The lowest BCUT2D eigenvalue weighted by Gasteiger charge is -2.29. The Labute approximate surface area is 116 Å². The number of nitrogens with zero attached hydrogens (tertiary/aromatic N) is 1. The quantitative estimate of drug-likeness (QED) is 0.819. The maximum Gasteiger partial charge on any atom is 0.0469 e. The van der Waals surface area contributed by atoms with Crippen molar-refractivity contribution in [2.45, 2.75) is 25.8 Å². The van der Waals surface area contributed by atoms with Crippen molar-refractivity contribution in [1.82, 2.24) is 4.90 Å². The molecule has 0 radical (unpaired) electrons. The zero-order valence-corrected chi connectivity index (χ0v) is 11.8. The van der Waals surface area contributed by atoms with E-state index in [0.717, 1.165) is 45.2 Å². The summed E-state index contributed by atoms with van der Waals surface area (Å²) in [6, 6.07) is 10.7. The molecule has 0 spiro atoms. The summed E-state index contributed by atoms with van der Waals surface area (Å²) in [5, 5.41) is 0. The largest absolute Gasteiger partial charge is 0.381 e. The van der Waals surface area contributed by atoms with Gasteiger partial charge in [0.25, 0.3) is 0 Å². The monoisotopic (exact) mass is 262 g/mol. The topological polar surface area (TPSA) is 38.5 Å². The average molecular weight is 262 g/mol. The Morgan fingerprint density at radius 3 is 2.58 bits per heavy atom. The fourth-order valence-corrected chi connectivity index (χ4v) is 2.69. The molecule has 3 nitrogen and oxygen atoms in total. The maximum atomic E-state index is 5.66. The van der Waals surface area contributed by atoms with E-state index in [2.05, 4.69) is 35.2 Å². The molecule has 1 saturated heterocycles. The van der Waals surface area contributed by atoms with Crippen LogP contribution >= 0.6 is 0 Å². The Kier molecular flexibility index (Phi) is 6.34. The first-order valence-electron chi connectivity index (χ1n) is 7.42. The third kappa shape index (κ3) is 5.31. The second-order valence-corrected chi connectivity index (χ2v) is 5.42. The first kappa shape index (κ1) is 14.5. The van der Waals surface area contributed by atoms with E-state index >= 15 is 0 Å². The molecule has 1 aromatic carbocycles. The predicted octanol–water partition coefficient (Wildman–Crippen LogP) is 2.26. The standard InChI is InChI=1S/C16H26N2O/c17-9-4-10-18(13-15-5-2-1-3-6-15)14-16-7-11-19-12-8-16/h1-3,5-6,16H,4,7-14,17H2. The van der Waals surface area contributed by atoms with Crippen LogP contribution in [0.2, 0.25) is 0 Å². The minimum atomic E-state index is 0.777. The lowest BCUT2D eigenvalue weighted by molar-refractivity contribution is 0.0513. The maximum absolute atomic E-state index is 5.66. The third-order valence-corrected chi connectivity index (χ3v) is 3.78. The van der Waals surface area contributed by atoms with Crippen molar-refractivity contribution in [2.75, 3.05) is 32.8 Å². The number of hydrogen-bond acceptors (Lipinski definition) is 3. The molecule has 1 heterocycles. The lowest BCUT2D eigenvalue weighted by atomic mass is 9.99. The van der Waals surface area contributed by atoms with Crippen molar-refractivity contribution in [2.24, 2.45) is 11.7 Å². The van der Waals surface area contributed by atoms with Gasteiger partial charge in [0.2, 0.25) is 0 Å². The third-order valence-electron chi connectivity index (χ3n) is 3.78. The van der Waals surface area contributed by atoms with Gasteiger partial charge in [-0.25, -0.2) is 0 Å². The molecule has 0 bridgehead atoms. The molecule has 106 valence electrons. The summed E-state index contributed by atoms with van der Waals surface area (Å²) in [6.07, 6.45) is 3.48. The highest BCUT2D eigenvalue weighted by Crippen LogP contribution is 2.17. The highest BCUT2D eigenvalue weighted by atomic mass is 16.5. The number of ether oxygens (including phenoxy) is 1. The minimum Gasteiger partial charge on any atom is -0.381 e. The van der Waals surface area contributed by atoms with Crippen LogP contribution in [0, 0.1) is 5.92 Å². The fraction of sp³-hybridized carbons (Fsp3) is 0.625. The van der Waals surface area contributed by atoms with E-state index in [0.29, 0.717) is 0 Å². The molecule has 2 rings (SSSR count). The van der Waals surface area contributed by atoms with Crippen LogP contribution in [0.25, 0.3) is 0 Å². The Hall–Kier alpha value is -0.900. The van der Waals surface area contributed by atoms with Gasteiger partial charge in [0.05, 0.1) is 0 Å². The summed E-state index contributed by atoms with van der Waals surface area (Å²) in [5.41, 5.74) is 7.05. The van der Waals surface area contributed by atoms with Gasteiger partial charge in [0.15, 0.2) is 0 Å². The smallest absolute Gasteiger partial charge is 0.0469 e. The van der Waals surface area contributed by atoms with E-state index in [-0.39, 0.29) is 0 Å². The SMILES string of the molecule is NCCCN(Cc1ccccc1)CC1CCOCC1. The summed E-state index contributed by atoms with van der Waals surface area (Å²) in [4.78, 5) is 2.55. The van der Waals surface area contributed by atoms with Gasteiger partial charge in [-0.3, -0.25) is 4.90 Å². The summed E-state index contributed by atoms with van der Waals surface area (Å²) in [7, 11) is 0. The van der Waals surface area contributed by atoms with E-state index < -0.39 is 0 Å². The summed E-state index contributed by atoms with van der Waals surface area (Å²) in [5.74, 6) is 0.787. The Morgan fingerprint density at radius 2 is 1.89 bits per heavy atom. The molecular formula is C16H26N2O. The summed E-state index contributed by atoms with van der Waals surface area (Å²) >= 11 is 0. The Morgan fingerprint density at radius 1 is 1.16 bits per heavy atom. The molecule has 3 heteroatoms. The van der Waals surface area contributed by atoms with Gasteiger partial charge < -0.3 is 10.5 Å². The molecule has 0 amide bonds. The van der Waals surface area contributed by atoms with Gasteiger partial charge in [-0.2, -0.15) is 0 Å². The highest BCUT2D eigenvalue weighted by molar-refractivity contribution is 5.14. The first-order valence-corrected chi connectivity index (χ1v) is 7.42. The van der Waals surface area contributed by atoms with E-state index in [4.69, 9.17) is 10.5 Å². The van der Waals surface area contributed by atoms with Crippen LogP contribution in [0.3, 0.4) is 0 Å².